The largest absolute Gasteiger partial charge is 0.467 e. The second kappa shape index (κ2) is 9.90. The zero-order valence-corrected chi connectivity index (χ0v) is 18.9. The number of nitrogens with zero attached hydrogens (tertiary/aromatic N) is 2. The molecule has 1 aromatic heterocycles. The summed E-state index contributed by atoms with van der Waals surface area (Å²) in [6, 6.07) is 3.66. The topological polar surface area (TPSA) is 162 Å². The van der Waals surface area contributed by atoms with Gasteiger partial charge in [0.2, 0.25) is 5.91 Å². The number of methoxy groups -OCH3 is 1. The van der Waals surface area contributed by atoms with Crippen molar-refractivity contribution in [2.75, 3.05) is 19.0 Å². The fraction of sp³-hybridized carbons (Fsp3) is 0.455. The molecule has 0 bridgehead atoms. The van der Waals surface area contributed by atoms with Gasteiger partial charge in [0.05, 0.1) is 18.3 Å². The maximum absolute atomic E-state index is 13.1. The van der Waals surface area contributed by atoms with Crippen LogP contribution in [-0.2, 0) is 14.3 Å². The Morgan fingerprint density at radius 2 is 1.91 bits per heavy atom. The van der Waals surface area contributed by atoms with E-state index < -0.39 is 42.1 Å². The van der Waals surface area contributed by atoms with Crippen molar-refractivity contribution in [3.05, 3.63) is 30.5 Å². The van der Waals surface area contributed by atoms with Gasteiger partial charge in [0, 0.05) is 24.2 Å². The monoisotopic (exact) mass is 458 g/mol. The van der Waals surface area contributed by atoms with Gasteiger partial charge in [-0.3, -0.25) is 9.36 Å². The zero-order valence-electron chi connectivity index (χ0n) is 18.9. The van der Waals surface area contributed by atoms with Gasteiger partial charge in [0.1, 0.15) is 12.1 Å². The summed E-state index contributed by atoms with van der Waals surface area (Å²) in [5.41, 5.74) is 12.4. The summed E-state index contributed by atoms with van der Waals surface area (Å²) >= 11 is 0. The number of fused-ring (bicyclic) bond motifs is 1. The Balaban J connectivity index is 1.80. The Morgan fingerprint density at radius 3 is 2.55 bits per heavy atom. The molecule has 1 aromatic carbocycles. The molecule has 1 aliphatic heterocycles. The van der Waals surface area contributed by atoms with Crippen molar-refractivity contribution in [2.45, 2.75) is 44.8 Å². The molecule has 3 atom stereocenters. The molecule has 0 spiro atoms. The Labute approximate surface area is 191 Å². The van der Waals surface area contributed by atoms with Crippen LogP contribution in [0.4, 0.5) is 15.3 Å². The van der Waals surface area contributed by atoms with E-state index in [0.717, 1.165) is 0 Å². The van der Waals surface area contributed by atoms with Crippen LogP contribution in [0, 0.1) is 5.92 Å². The minimum atomic E-state index is -0.858. The first kappa shape index (κ1) is 24.1. The van der Waals surface area contributed by atoms with Gasteiger partial charge in [0.15, 0.2) is 0 Å². The minimum Gasteiger partial charge on any atom is -0.467 e. The van der Waals surface area contributed by atoms with Gasteiger partial charge >= 0.3 is 18.0 Å². The highest BCUT2D eigenvalue weighted by molar-refractivity contribution is 6.05. The molecule has 0 radical (unpaired) electrons. The van der Waals surface area contributed by atoms with E-state index in [1.165, 1.54) is 22.8 Å². The van der Waals surface area contributed by atoms with Gasteiger partial charge in [-0.2, -0.15) is 0 Å². The zero-order chi connectivity index (χ0) is 24.3. The lowest BCUT2D eigenvalue weighted by atomic mass is 10.0. The molecule has 2 aromatic rings. The second-order valence-electron chi connectivity index (χ2n) is 8.58. The van der Waals surface area contributed by atoms with Crippen molar-refractivity contribution >= 4 is 40.5 Å². The number of aromatic nitrogens is 1. The fourth-order valence-electron chi connectivity index (χ4n) is 4.09. The van der Waals surface area contributed by atoms with E-state index in [2.05, 4.69) is 10.6 Å². The fourth-order valence-corrected chi connectivity index (χ4v) is 4.09. The quantitative estimate of drug-likeness (QED) is 0.476. The maximum atomic E-state index is 13.1. The molecular formula is C22H30N6O5. The third kappa shape index (κ3) is 5.25. The summed E-state index contributed by atoms with van der Waals surface area (Å²) in [5.74, 6) is -0.884. The summed E-state index contributed by atoms with van der Waals surface area (Å²) in [6.07, 6.45) is 2.08. The number of amides is 4. The molecule has 0 saturated carbocycles. The van der Waals surface area contributed by atoms with E-state index in [1.807, 2.05) is 13.8 Å². The number of hydrogen-bond acceptors (Lipinski definition) is 6. The number of benzene rings is 1. The van der Waals surface area contributed by atoms with Crippen LogP contribution in [-0.4, -0.2) is 65.2 Å². The number of urea groups is 1. The molecule has 1 saturated heterocycles. The summed E-state index contributed by atoms with van der Waals surface area (Å²) in [4.78, 5) is 51.3. The van der Waals surface area contributed by atoms with Crippen molar-refractivity contribution in [1.82, 2.24) is 14.8 Å². The van der Waals surface area contributed by atoms with E-state index in [-0.39, 0.29) is 18.9 Å². The highest BCUT2D eigenvalue weighted by Crippen LogP contribution is 2.27. The molecule has 11 nitrogen and oxygen atoms in total. The molecule has 6 N–H and O–H groups in total. The van der Waals surface area contributed by atoms with Gasteiger partial charge in [-0.25, -0.2) is 14.4 Å². The Hall–Kier alpha value is -3.60. The van der Waals surface area contributed by atoms with Gasteiger partial charge < -0.3 is 31.7 Å². The first-order valence-corrected chi connectivity index (χ1v) is 10.7. The molecule has 0 aliphatic carbocycles. The van der Waals surface area contributed by atoms with E-state index >= 15 is 0 Å². The molecule has 1 aliphatic rings. The first-order valence-electron chi connectivity index (χ1n) is 10.7. The number of nitrogens with two attached hydrogens (primary N) is 2. The molecular weight excluding hydrogens is 428 g/mol. The predicted octanol–water partition coefficient (Wildman–Crippen LogP) is 1.21. The molecule has 0 unspecified atom stereocenters. The lowest BCUT2D eigenvalue weighted by molar-refractivity contribution is -0.146. The third-order valence-electron chi connectivity index (χ3n) is 5.60. The van der Waals surface area contributed by atoms with E-state index in [0.29, 0.717) is 23.0 Å². The number of nitrogens with one attached hydrogen (secondary N) is 2. The number of carbonyl (C=O) groups excluding carboxylic acids is 4. The van der Waals surface area contributed by atoms with Gasteiger partial charge in [-0.05, 0) is 24.8 Å². The Kier molecular flexibility index (Phi) is 7.22. The van der Waals surface area contributed by atoms with E-state index in [4.69, 9.17) is 16.2 Å². The standard InChI is InChI=1S/C22H30N6O5/c1-12(2)8-15(20(30)33-3)25-19(29)18-9-13(23)10-28(18)22(32)26-16-11-27(21(24)31)17-7-5-4-6-14(16)17/h4-7,11-13,15,18H,8-10,23H2,1-3H3,(H2,24,31)(H,25,29)(H,26,32)/t13-,15-,18-/m0/s1. The summed E-state index contributed by atoms with van der Waals surface area (Å²) in [5, 5.41) is 6.08. The Bertz CT molecular complexity index is 1060. The lowest BCUT2D eigenvalue weighted by Crippen LogP contribution is -2.52. The lowest BCUT2D eigenvalue weighted by Gasteiger charge is -2.26. The third-order valence-corrected chi connectivity index (χ3v) is 5.60. The SMILES string of the molecule is COC(=O)[C@H](CC(C)C)NC(=O)[C@@H]1C[C@H](N)CN1C(=O)Nc1cn(C(N)=O)c2ccccc12. The average molecular weight is 459 g/mol. The van der Waals surface area contributed by atoms with Gasteiger partial charge in [-0.1, -0.05) is 32.0 Å². The van der Waals surface area contributed by atoms with Crippen molar-refractivity contribution < 1.29 is 23.9 Å². The number of anilines is 1. The number of ether oxygens (including phenoxy) is 1. The number of esters is 1. The van der Waals surface area contributed by atoms with Crippen LogP contribution >= 0.6 is 0 Å². The van der Waals surface area contributed by atoms with Crippen LogP contribution in [0.5, 0.6) is 0 Å². The molecule has 11 heteroatoms. The summed E-state index contributed by atoms with van der Waals surface area (Å²) in [6.45, 7) is 4.01. The number of likely N-dealkylation sites (tertiary alicyclic amines) is 1. The number of para-hydroxylation sites is 1. The smallest absolute Gasteiger partial charge is 0.328 e. The number of rotatable bonds is 6. The van der Waals surface area contributed by atoms with Crippen molar-refractivity contribution in [2.24, 2.45) is 17.4 Å². The maximum Gasteiger partial charge on any atom is 0.328 e. The molecule has 1 fully saturated rings. The molecule has 3 rings (SSSR count). The molecule has 2 heterocycles. The van der Waals surface area contributed by atoms with E-state index in [9.17, 15) is 19.2 Å². The van der Waals surface area contributed by atoms with Crippen LogP contribution in [0.25, 0.3) is 10.9 Å². The van der Waals surface area contributed by atoms with Crippen LogP contribution in [0.15, 0.2) is 30.5 Å². The van der Waals surface area contributed by atoms with Gasteiger partial charge in [0.25, 0.3) is 0 Å². The number of primary amides is 1. The number of hydrogen-bond donors (Lipinski definition) is 4. The number of carbonyl (C=O) groups is 4. The average Bonchev–Trinajstić information content (AvgIpc) is 3.33. The van der Waals surface area contributed by atoms with Crippen LogP contribution < -0.4 is 22.1 Å². The van der Waals surface area contributed by atoms with Crippen LogP contribution in [0.2, 0.25) is 0 Å². The summed E-state index contributed by atoms with van der Waals surface area (Å²) in [7, 11) is 1.26. The van der Waals surface area contributed by atoms with E-state index in [1.54, 1.807) is 24.3 Å². The molecule has 178 valence electrons. The predicted molar refractivity (Wildman–Crippen MR) is 122 cm³/mol. The molecule has 4 amide bonds. The van der Waals surface area contributed by atoms with Crippen LogP contribution in [0.1, 0.15) is 26.7 Å². The first-order chi connectivity index (χ1) is 15.6. The van der Waals surface area contributed by atoms with Crippen LogP contribution in [0.3, 0.4) is 0 Å². The van der Waals surface area contributed by atoms with Crippen molar-refractivity contribution in [3.8, 4) is 0 Å². The highest BCUT2D eigenvalue weighted by atomic mass is 16.5. The normalized spacial score (nSPS) is 18.9. The molecule has 33 heavy (non-hydrogen) atoms. The minimum absolute atomic E-state index is 0.141. The van der Waals surface area contributed by atoms with Gasteiger partial charge in [-0.15, -0.1) is 0 Å². The van der Waals surface area contributed by atoms with Crippen molar-refractivity contribution in [3.63, 3.8) is 0 Å². The summed E-state index contributed by atoms with van der Waals surface area (Å²) < 4.78 is 6.04. The second-order valence-corrected chi connectivity index (χ2v) is 8.58. The van der Waals surface area contributed by atoms with Crippen molar-refractivity contribution in [1.29, 1.82) is 0 Å². The Morgan fingerprint density at radius 1 is 1.21 bits per heavy atom. The highest BCUT2D eigenvalue weighted by Gasteiger charge is 2.40.